The largest absolute Gasteiger partial charge is 0.480 e. The van der Waals surface area contributed by atoms with Gasteiger partial charge in [0, 0.05) is 12.5 Å². The predicted molar refractivity (Wildman–Crippen MR) is 134 cm³/mol. The fraction of sp³-hybridized carbons (Fsp3) is 0.833. The van der Waals surface area contributed by atoms with Crippen molar-refractivity contribution in [2.75, 3.05) is 18.6 Å². The predicted octanol–water partition coefficient (Wildman–Crippen LogP) is 3.17. The molecule has 1 rings (SSSR count). The Bertz CT molecular complexity index is 689. The number of amides is 3. The minimum absolute atomic E-state index is 0.138. The lowest BCUT2D eigenvalue weighted by molar-refractivity contribution is -0.144. The molecule has 0 aromatic rings. The highest BCUT2D eigenvalue weighted by atomic mass is 32.2. The Morgan fingerprint density at radius 2 is 1.71 bits per heavy atom. The van der Waals surface area contributed by atoms with Crippen LogP contribution in [-0.4, -0.2) is 65.2 Å². The maximum atomic E-state index is 12.7. The summed E-state index contributed by atoms with van der Waals surface area (Å²) >= 11 is 1.60. The first kappa shape index (κ1) is 30.1. The highest BCUT2D eigenvalue weighted by Gasteiger charge is 2.32. The lowest BCUT2D eigenvalue weighted by atomic mass is 9.81. The van der Waals surface area contributed by atoms with E-state index in [1.165, 1.54) is 0 Å². The second-order valence-corrected chi connectivity index (χ2v) is 11.1. The van der Waals surface area contributed by atoms with E-state index >= 15 is 0 Å². The van der Waals surface area contributed by atoms with Gasteiger partial charge in [-0.25, -0.2) is 9.59 Å². The van der Waals surface area contributed by atoms with Gasteiger partial charge in [-0.3, -0.25) is 9.59 Å². The smallest absolute Gasteiger partial charge is 0.408 e. The van der Waals surface area contributed by atoms with Crippen LogP contribution in [0.1, 0.15) is 73.1 Å². The van der Waals surface area contributed by atoms with E-state index < -0.39 is 29.7 Å². The summed E-state index contributed by atoms with van der Waals surface area (Å²) in [6, 6.07) is -1.54. The number of thioether (sulfide) groups is 1. The number of carboxylic acids is 1. The molecule has 10 heteroatoms. The van der Waals surface area contributed by atoms with Crippen molar-refractivity contribution >= 4 is 35.6 Å². The van der Waals surface area contributed by atoms with E-state index in [4.69, 9.17) is 4.74 Å². The molecular weight excluding hydrogens is 458 g/mol. The Balaban J connectivity index is 2.53. The average Bonchev–Trinajstić information content (AvgIpc) is 2.76. The van der Waals surface area contributed by atoms with E-state index in [0.717, 1.165) is 18.6 Å². The molecule has 1 fully saturated rings. The zero-order valence-electron chi connectivity index (χ0n) is 21.4. The Morgan fingerprint density at radius 1 is 1.09 bits per heavy atom. The van der Waals surface area contributed by atoms with Crippen molar-refractivity contribution in [2.45, 2.75) is 90.8 Å². The number of hydrogen-bond donors (Lipinski definition) is 4. The molecule has 1 saturated carbocycles. The lowest BCUT2D eigenvalue weighted by Crippen LogP contribution is -2.50. The zero-order chi connectivity index (χ0) is 25.9. The minimum atomic E-state index is -1.00. The molecule has 4 N–H and O–H groups in total. The monoisotopic (exact) mass is 501 g/mol. The van der Waals surface area contributed by atoms with Gasteiger partial charge in [0.15, 0.2) is 0 Å². The number of aliphatic carboxylic acids is 1. The van der Waals surface area contributed by atoms with Gasteiger partial charge in [-0.1, -0.05) is 20.3 Å². The third kappa shape index (κ3) is 11.0. The highest BCUT2D eigenvalue weighted by Crippen LogP contribution is 2.29. The molecular formula is C24H43N3O6S. The summed E-state index contributed by atoms with van der Waals surface area (Å²) in [6.45, 7) is 9.51. The minimum Gasteiger partial charge on any atom is -0.480 e. The van der Waals surface area contributed by atoms with Gasteiger partial charge in [0.05, 0.1) is 0 Å². The summed E-state index contributed by atoms with van der Waals surface area (Å²) in [4.78, 5) is 48.9. The standard InChI is InChI=1S/C24H43N3O6S/c1-7-15(2)19(22(30)31)27-20(28)17-10-8-16(9-11-17)14-25-21(29)18(12-13-34-6)26-23(32)33-24(3,4)5/h15-19H,7-14H2,1-6H3,(H,25,29)(H,26,32)(H,27,28)(H,30,31). The van der Waals surface area contributed by atoms with Crippen molar-refractivity contribution in [3.05, 3.63) is 0 Å². The fourth-order valence-electron chi connectivity index (χ4n) is 3.91. The molecule has 0 saturated heterocycles. The van der Waals surface area contributed by atoms with Crippen LogP contribution < -0.4 is 16.0 Å². The van der Waals surface area contributed by atoms with Crippen LogP contribution in [0.5, 0.6) is 0 Å². The first-order chi connectivity index (χ1) is 15.9. The lowest BCUT2D eigenvalue weighted by Gasteiger charge is -2.30. The number of rotatable bonds is 12. The van der Waals surface area contributed by atoms with Crippen molar-refractivity contribution in [1.29, 1.82) is 0 Å². The van der Waals surface area contributed by atoms with Crippen molar-refractivity contribution < 1.29 is 29.0 Å². The molecule has 34 heavy (non-hydrogen) atoms. The quantitative estimate of drug-likeness (QED) is 0.323. The van der Waals surface area contributed by atoms with Gasteiger partial charge < -0.3 is 25.8 Å². The average molecular weight is 502 g/mol. The Hall–Kier alpha value is -1.97. The SMILES string of the molecule is CCC(C)C(NC(=O)C1CCC(CNC(=O)C(CCSC)NC(=O)OC(C)(C)C)CC1)C(=O)O. The number of ether oxygens (including phenoxy) is 1. The molecule has 0 radical (unpaired) electrons. The number of carbonyl (C=O) groups excluding carboxylic acids is 3. The van der Waals surface area contributed by atoms with Crippen LogP contribution in [0.2, 0.25) is 0 Å². The maximum Gasteiger partial charge on any atom is 0.408 e. The number of carboxylic acid groups (broad SMARTS) is 1. The van der Waals surface area contributed by atoms with E-state index in [2.05, 4.69) is 16.0 Å². The normalized spacial score (nSPS) is 21.0. The Kier molecular flexibility index (Phi) is 12.8. The molecule has 9 nitrogen and oxygen atoms in total. The molecule has 196 valence electrons. The Morgan fingerprint density at radius 3 is 2.21 bits per heavy atom. The van der Waals surface area contributed by atoms with Gasteiger partial charge in [0.25, 0.3) is 0 Å². The number of carbonyl (C=O) groups is 4. The van der Waals surface area contributed by atoms with E-state index in [1.807, 2.05) is 20.1 Å². The van der Waals surface area contributed by atoms with Gasteiger partial charge in [-0.2, -0.15) is 11.8 Å². The second kappa shape index (κ2) is 14.4. The number of alkyl carbamates (subject to hydrolysis) is 1. The molecule has 0 aromatic carbocycles. The molecule has 0 heterocycles. The molecule has 3 atom stereocenters. The maximum absolute atomic E-state index is 12.7. The third-order valence-electron chi connectivity index (χ3n) is 6.18. The van der Waals surface area contributed by atoms with Crippen LogP contribution in [0.4, 0.5) is 4.79 Å². The van der Waals surface area contributed by atoms with Crippen molar-refractivity contribution in [1.82, 2.24) is 16.0 Å². The van der Waals surface area contributed by atoms with Crippen LogP contribution >= 0.6 is 11.8 Å². The molecule has 3 unspecified atom stereocenters. The first-order valence-corrected chi connectivity index (χ1v) is 13.6. The van der Waals surface area contributed by atoms with Crippen LogP contribution in [-0.2, 0) is 19.1 Å². The first-order valence-electron chi connectivity index (χ1n) is 12.2. The number of hydrogen-bond acceptors (Lipinski definition) is 6. The third-order valence-corrected chi connectivity index (χ3v) is 6.82. The van der Waals surface area contributed by atoms with Crippen LogP contribution in [0.15, 0.2) is 0 Å². The summed E-state index contributed by atoms with van der Waals surface area (Å²) in [7, 11) is 0. The molecule has 0 spiro atoms. The van der Waals surface area contributed by atoms with Crippen molar-refractivity contribution in [3.63, 3.8) is 0 Å². The van der Waals surface area contributed by atoms with Gasteiger partial charge in [0.1, 0.15) is 17.7 Å². The fourth-order valence-corrected chi connectivity index (χ4v) is 4.38. The number of nitrogens with one attached hydrogen (secondary N) is 3. The molecule has 1 aliphatic carbocycles. The van der Waals surface area contributed by atoms with E-state index in [0.29, 0.717) is 32.2 Å². The topological polar surface area (TPSA) is 134 Å². The van der Waals surface area contributed by atoms with Crippen LogP contribution in [0.3, 0.4) is 0 Å². The Labute approximate surface area is 207 Å². The zero-order valence-corrected chi connectivity index (χ0v) is 22.3. The molecule has 0 bridgehead atoms. The van der Waals surface area contributed by atoms with Crippen LogP contribution in [0.25, 0.3) is 0 Å². The van der Waals surface area contributed by atoms with Gasteiger partial charge in [-0.15, -0.1) is 0 Å². The van der Waals surface area contributed by atoms with Crippen molar-refractivity contribution in [2.24, 2.45) is 17.8 Å². The summed E-state index contributed by atoms with van der Waals surface area (Å²) < 4.78 is 5.28. The second-order valence-electron chi connectivity index (χ2n) is 10.2. The van der Waals surface area contributed by atoms with Gasteiger partial charge >= 0.3 is 12.1 Å². The summed E-state index contributed by atoms with van der Waals surface area (Å²) in [5.41, 5.74) is -0.644. The molecule has 1 aliphatic rings. The summed E-state index contributed by atoms with van der Waals surface area (Å²) in [5.74, 6) is -0.827. The van der Waals surface area contributed by atoms with E-state index in [1.54, 1.807) is 32.5 Å². The van der Waals surface area contributed by atoms with E-state index in [-0.39, 0.29) is 29.6 Å². The highest BCUT2D eigenvalue weighted by molar-refractivity contribution is 7.98. The molecule has 0 aliphatic heterocycles. The van der Waals surface area contributed by atoms with Crippen molar-refractivity contribution in [3.8, 4) is 0 Å². The molecule has 0 aromatic heterocycles. The molecule has 3 amide bonds. The van der Waals surface area contributed by atoms with Gasteiger partial charge in [0.2, 0.25) is 11.8 Å². The summed E-state index contributed by atoms with van der Waals surface area (Å²) in [6.07, 6.45) is 5.36. The van der Waals surface area contributed by atoms with Gasteiger partial charge in [-0.05, 0) is 76.7 Å². The van der Waals surface area contributed by atoms with E-state index in [9.17, 15) is 24.3 Å². The van der Waals surface area contributed by atoms with Crippen LogP contribution in [0, 0.1) is 17.8 Å². The summed E-state index contributed by atoms with van der Waals surface area (Å²) in [5, 5.41) is 17.7.